The Labute approximate surface area is 79.8 Å². The smallest absolute Gasteiger partial charge is 0.159 e. The fraction of sp³-hybridized carbons (Fsp3) is 0.333. The number of hydrogen-bond acceptors (Lipinski definition) is 3. The summed E-state index contributed by atoms with van der Waals surface area (Å²) < 4.78 is 25.2. The van der Waals surface area contributed by atoms with Crippen LogP contribution in [-0.4, -0.2) is 22.9 Å². The zero-order valence-corrected chi connectivity index (χ0v) is 7.32. The summed E-state index contributed by atoms with van der Waals surface area (Å²) in [4.78, 5) is 0. The lowest BCUT2D eigenvalue weighted by Gasteiger charge is -2.16. The Morgan fingerprint density at radius 2 is 1.93 bits per heavy atom. The van der Waals surface area contributed by atoms with Gasteiger partial charge in [0.05, 0.1) is 18.8 Å². The predicted octanol–water partition coefficient (Wildman–Crippen LogP) is 0.318. The molecule has 0 heterocycles. The third-order valence-corrected chi connectivity index (χ3v) is 1.90. The second-order valence-corrected chi connectivity index (χ2v) is 2.96. The van der Waals surface area contributed by atoms with Crippen molar-refractivity contribution in [1.29, 1.82) is 0 Å². The van der Waals surface area contributed by atoms with Crippen LogP contribution >= 0.6 is 0 Å². The largest absolute Gasteiger partial charge is 0.395 e. The van der Waals surface area contributed by atoms with Crippen molar-refractivity contribution in [2.75, 3.05) is 6.61 Å². The fourth-order valence-corrected chi connectivity index (χ4v) is 1.04. The maximum atomic E-state index is 12.7. The molecule has 2 atom stereocenters. The lowest BCUT2D eigenvalue weighted by molar-refractivity contribution is 0.109. The zero-order chi connectivity index (χ0) is 10.7. The van der Waals surface area contributed by atoms with E-state index in [0.717, 1.165) is 12.1 Å². The van der Waals surface area contributed by atoms with E-state index in [0.29, 0.717) is 0 Å². The van der Waals surface area contributed by atoms with Gasteiger partial charge in [0, 0.05) is 0 Å². The van der Waals surface area contributed by atoms with Gasteiger partial charge in [0.2, 0.25) is 0 Å². The van der Waals surface area contributed by atoms with Crippen molar-refractivity contribution < 1.29 is 19.0 Å². The molecular formula is C9H11F2NO2. The number of benzene rings is 1. The van der Waals surface area contributed by atoms with Crippen LogP contribution in [0.25, 0.3) is 0 Å². The van der Waals surface area contributed by atoms with Crippen LogP contribution < -0.4 is 5.73 Å². The summed E-state index contributed by atoms with van der Waals surface area (Å²) in [6.07, 6.45) is -1.20. The highest BCUT2D eigenvalue weighted by Gasteiger charge is 2.17. The molecule has 0 aromatic heterocycles. The van der Waals surface area contributed by atoms with Gasteiger partial charge >= 0.3 is 0 Å². The summed E-state index contributed by atoms with van der Waals surface area (Å²) in [7, 11) is 0. The maximum absolute atomic E-state index is 12.7. The van der Waals surface area contributed by atoms with Crippen LogP contribution in [0.3, 0.4) is 0 Å². The fourth-order valence-electron chi connectivity index (χ4n) is 1.04. The highest BCUT2D eigenvalue weighted by atomic mass is 19.2. The summed E-state index contributed by atoms with van der Waals surface area (Å²) in [6.45, 7) is -0.430. The predicted molar refractivity (Wildman–Crippen MR) is 46.4 cm³/mol. The second kappa shape index (κ2) is 4.45. The van der Waals surface area contributed by atoms with Crippen molar-refractivity contribution in [2.45, 2.75) is 12.1 Å². The van der Waals surface area contributed by atoms with Crippen molar-refractivity contribution in [2.24, 2.45) is 5.73 Å². The Bertz CT molecular complexity index is 320. The maximum Gasteiger partial charge on any atom is 0.159 e. The van der Waals surface area contributed by atoms with Gasteiger partial charge in [-0.3, -0.25) is 0 Å². The molecule has 3 nitrogen and oxygen atoms in total. The quantitative estimate of drug-likeness (QED) is 0.662. The molecule has 0 aliphatic rings. The summed E-state index contributed by atoms with van der Waals surface area (Å²) in [5.41, 5.74) is 5.46. The molecule has 0 aliphatic heterocycles. The van der Waals surface area contributed by atoms with Gasteiger partial charge in [0.1, 0.15) is 0 Å². The Morgan fingerprint density at radius 3 is 2.43 bits per heavy atom. The van der Waals surface area contributed by atoms with E-state index in [2.05, 4.69) is 0 Å². The van der Waals surface area contributed by atoms with E-state index < -0.39 is 30.4 Å². The van der Waals surface area contributed by atoms with Gasteiger partial charge in [0.25, 0.3) is 0 Å². The van der Waals surface area contributed by atoms with Crippen LogP contribution in [0, 0.1) is 11.6 Å². The molecule has 0 radical (unpaired) electrons. The van der Waals surface area contributed by atoms with Crippen molar-refractivity contribution in [3.63, 3.8) is 0 Å². The molecule has 0 saturated carbocycles. The third kappa shape index (κ3) is 2.25. The average Bonchev–Trinajstić information content (AvgIpc) is 2.20. The van der Waals surface area contributed by atoms with Gasteiger partial charge in [-0.05, 0) is 17.7 Å². The first-order valence-electron chi connectivity index (χ1n) is 4.05. The first-order chi connectivity index (χ1) is 6.56. The molecule has 0 fully saturated rings. The van der Waals surface area contributed by atoms with Gasteiger partial charge in [-0.15, -0.1) is 0 Å². The Kier molecular flexibility index (Phi) is 3.51. The number of nitrogens with two attached hydrogens (primary N) is 1. The van der Waals surface area contributed by atoms with E-state index >= 15 is 0 Å². The molecule has 0 aliphatic carbocycles. The Morgan fingerprint density at radius 1 is 1.29 bits per heavy atom. The number of aliphatic hydroxyl groups is 2. The third-order valence-electron chi connectivity index (χ3n) is 1.90. The van der Waals surface area contributed by atoms with Crippen molar-refractivity contribution in [3.05, 3.63) is 35.4 Å². The van der Waals surface area contributed by atoms with Gasteiger partial charge in [-0.25, -0.2) is 8.78 Å². The lowest BCUT2D eigenvalue weighted by Crippen LogP contribution is -2.31. The van der Waals surface area contributed by atoms with Gasteiger partial charge < -0.3 is 15.9 Å². The summed E-state index contributed by atoms with van der Waals surface area (Å²) >= 11 is 0. The highest BCUT2D eigenvalue weighted by molar-refractivity contribution is 5.21. The molecular weight excluding hydrogens is 192 g/mol. The SMILES string of the molecule is N[C@@H](CO)[C@H](O)c1ccc(F)c(F)c1. The number of aliphatic hydroxyl groups excluding tert-OH is 2. The molecule has 1 aromatic carbocycles. The molecule has 0 saturated heterocycles. The topological polar surface area (TPSA) is 66.5 Å². The summed E-state index contributed by atoms with van der Waals surface area (Å²) in [5.74, 6) is -2.04. The van der Waals surface area contributed by atoms with Crippen LogP contribution in [0.15, 0.2) is 18.2 Å². The minimum Gasteiger partial charge on any atom is -0.395 e. The number of rotatable bonds is 3. The molecule has 0 unspecified atom stereocenters. The molecule has 1 aromatic rings. The normalized spacial score (nSPS) is 15.2. The summed E-state index contributed by atoms with van der Waals surface area (Å²) in [6, 6.07) is 2.08. The van der Waals surface area contributed by atoms with Gasteiger partial charge in [-0.1, -0.05) is 6.07 Å². The van der Waals surface area contributed by atoms with Crippen LogP contribution in [0.1, 0.15) is 11.7 Å². The van der Waals surface area contributed by atoms with Crippen LogP contribution in [0.5, 0.6) is 0 Å². The van der Waals surface area contributed by atoms with E-state index in [-0.39, 0.29) is 5.56 Å². The van der Waals surface area contributed by atoms with Crippen molar-refractivity contribution >= 4 is 0 Å². The molecule has 0 amide bonds. The molecule has 5 heteroatoms. The van der Waals surface area contributed by atoms with Crippen molar-refractivity contribution in [3.8, 4) is 0 Å². The molecule has 4 N–H and O–H groups in total. The molecule has 78 valence electrons. The molecule has 0 bridgehead atoms. The Balaban J connectivity index is 2.91. The molecule has 0 spiro atoms. The van der Waals surface area contributed by atoms with E-state index in [9.17, 15) is 13.9 Å². The second-order valence-electron chi connectivity index (χ2n) is 2.96. The molecule has 14 heavy (non-hydrogen) atoms. The first kappa shape index (κ1) is 11.0. The van der Waals surface area contributed by atoms with Crippen LogP contribution in [0.4, 0.5) is 8.78 Å². The van der Waals surface area contributed by atoms with Crippen molar-refractivity contribution in [1.82, 2.24) is 0 Å². The minimum absolute atomic E-state index is 0.144. The lowest BCUT2D eigenvalue weighted by atomic mass is 10.0. The van der Waals surface area contributed by atoms with Crippen LogP contribution in [-0.2, 0) is 0 Å². The highest BCUT2D eigenvalue weighted by Crippen LogP contribution is 2.18. The van der Waals surface area contributed by atoms with E-state index in [1.807, 2.05) is 0 Å². The van der Waals surface area contributed by atoms with Gasteiger partial charge in [0.15, 0.2) is 11.6 Å². The first-order valence-corrected chi connectivity index (χ1v) is 4.05. The van der Waals surface area contributed by atoms with E-state index in [4.69, 9.17) is 10.8 Å². The molecule has 1 rings (SSSR count). The van der Waals surface area contributed by atoms with E-state index in [1.165, 1.54) is 6.07 Å². The van der Waals surface area contributed by atoms with E-state index in [1.54, 1.807) is 0 Å². The summed E-state index contributed by atoms with van der Waals surface area (Å²) in [5, 5.41) is 18.1. The standard InChI is InChI=1S/C9H11F2NO2/c10-6-2-1-5(3-7(6)11)9(14)8(12)4-13/h1-3,8-9,13-14H,4,12H2/t8-,9+/m0/s1. The monoisotopic (exact) mass is 203 g/mol. The van der Waals surface area contributed by atoms with Crippen LogP contribution in [0.2, 0.25) is 0 Å². The number of halogens is 2. The zero-order valence-electron chi connectivity index (χ0n) is 7.32. The van der Waals surface area contributed by atoms with Gasteiger partial charge in [-0.2, -0.15) is 0 Å². The Hall–Kier alpha value is -1.04. The number of hydrogen-bond donors (Lipinski definition) is 3. The average molecular weight is 203 g/mol. The minimum atomic E-state index is -1.20.